The number of piperidine rings is 1. The van der Waals surface area contributed by atoms with E-state index in [1.807, 2.05) is 6.08 Å². The average molecular weight is 378 g/mol. The molecule has 1 amide bonds. The van der Waals surface area contributed by atoms with Crippen LogP contribution in [0.3, 0.4) is 0 Å². The third kappa shape index (κ3) is 4.76. The number of hydrogen-bond acceptors (Lipinski definition) is 4. The van der Waals surface area contributed by atoms with E-state index in [9.17, 15) is 18.0 Å². The van der Waals surface area contributed by atoms with E-state index in [-0.39, 0.29) is 5.54 Å². The lowest BCUT2D eigenvalue weighted by Gasteiger charge is -2.46. The molecule has 0 aromatic heterocycles. The van der Waals surface area contributed by atoms with Gasteiger partial charge in [0.05, 0.1) is 6.61 Å². The molecule has 9 heteroatoms. The molecule has 0 aromatic carbocycles. The zero-order valence-corrected chi connectivity index (χ0v) is 14.6. The van der Waals surface area contributed by atoms with Crippen LogP contribution in [0.5, 0.6) is 0 Å². The molecular weight excluding hydrogens is 353 g/mol. The zero-order chi connectivity index (χ0) is 19.4. The number of likely N-dealkylation sites (tertiary alicyclic amines) is 2. The number of hydrogen-bond donors (Lipinski definition) is 1. The molecule has 0 saturated carbocycles. The van der Waals surface area contributed by atoms with Gasteiger partial charge in [-0.3, -0.25) is 9.69 Å². The summed E-state index contributed by atoms with van der Waals surface area (Å²) in [6.45, 7) is 8.52. The zero-order valence-electron chi connectivity index (χ0n) is 14.6. The molecule has 148 valence electrons. The minimum atomic E-state index is -5.08. The highest BCUT2D eigenvalue weighted by atomic mass is 19.4. The second-order valence-electron chi connectivity index (χ2n) is 6.87. The minimum absolute atomic E-state index is 0.126. The van der Waals surface area contributed by atoms with Crippen LogP contribution in [0.2, 0.25) is 0 Å². The van der Waals surface area contributed by atoms with Crippen LogP contribution in [-0.2, 0) is 14.3 Å². The smallest absolute Gasteiger partial charge is 0.475 e. The first-order chi connectivity index (χ1) is 12.2. The fraction of sp³-hybridized carbons (Fsp3) is 0.765. The van der Waals surface area contributed by atoms with Crippen LogP contribution in [0.4, 0.5) is 13.2 Å². The first-order valence-corrected chi connectivity index (χ1v) is 8.73. The lowest BCUT2D eigenvalue weighted by Crippen LogP contribution is -2.55. The van der Waals surface area contributed by atoms with Gasteiger partial charge in [0.2, 0.25) is 5.91 Å². The van der Waals surface area contributed by atoms with Gasteiger partial charge in [-0.05, 0) is 25.7 Å². The first-order valence-electron chi connectivity index (χ1n) is 8.73. The number of nitrogens with zero attached hydrogens (tertiary/aromatic N) is 2. The maximum Gasteiger partial charge on any atom is 0.490 e. The van der Waals surface area contributed by atoms with Gasteiger partial charge in [-0.2, -0.15) is 13.2 Å². The molecule has 0 radical (unpaired) electrons. The fourth-order valence-electron chi connectivity index (χ4n) is 3.93. The number of carboxylic acid groups (broad SMARTS) is 1. The Labute approximate surface area is 150 Å². The van der Waals surface area contributed by atoms with E-state index in [0.29, 0.717) is 18.5 Å². The molecule has 3 saturated heterocycles. The highest BCUT2D eigenvalue weighted by Gasteiger charge is 2.47. The van der Waals surface area contributed by atoms with Gasteiger partial charge in [-0.15, -0.1) is 6.58 Å². The molecule has 1 N–H and O–H groups in total. The summed E-state index contributed by atoms with van der Waals surface area (Å²) in [5.74, 6) is -2.44. The lowest BCUT2D eigenvalue weighted by atomic mass is 9.84. The van der Waals surface area contributed by atoms with Crippen LogP contribution in [0.15, 0.2) is 12.7 Å². The predicted octanol–water partition coefficient (Wildman–Crippen LogP) is 2.05. The van der Waals surface area contributed by atoms with Gasteiger partial charge in [0.15, 0.2) is 0 Å². The summed E-state index contributed by atoms with van der Waals surface area (Å²) in [5.41, 5.74) is 0.126. The van der Waals surface area contributed by atoms with Crippen molar-refractivity contribution in [2.24, 2.45) is 0 Å². The number of carbonyl (C=O) groups excluding carboxylic acids is 1. The van der Waals surface area contributed by atoms with Crippen LogP contribution in [0, 0.1) is 0 Å². The molecule has 3 aliphatic heterocycles. The van der Waals surface area contributed by atoms with Crippen molar-refractivity contribution in [3.63, 3.8) is 0 Å². The van der Waals surface area contributed by atoms with Crippen molar-refractivity contribution in [3.8, 4) is 0 Å². The topological polar surface area (TPSA) is 70.1 Å². The van der Waals surface area contributed by atoms with Crippen molar-refractivity contribution < 1.29 is 32.6 Å². The third-order valence-corrected chi connectivity index (χ3v) is 5.38. The molecule has 3 fully saturated rings. The van der Waals surface area contributed by atoms with E-state index in [4.69, 9.17) is 14.6 Å². The van der Waals surface area contributed by atoms with Crippen LogP contribution in [-0.4, -0.2) is 77.4 Å². The van der Waals surface area contributed by atoms with Crippen molar-refractivity contribution in [1.29, 1.82) is 0 Å². The first kappa shape index (κ1) is 20.7. The number of rotatable bonds is 3. The maximum absolute atomic E-state index is 12.0. The predicted molar refractivity (Wildman–Crippen MR) is 87.6 cm³/mol. The highest BCUT2D eigenvalue weighted by Crippen LogP contribution is 2.39. The van der Waals surface area contributed by atoms with Crippen LogP contribution in [0.1, 0.15) is 32.1 Å². The Morgan fingerprint density at radius 3 is 2.42 bits per heavy atom. The van der Waals surface area contributed by atoms with Crippen molar-refractivity contribution in [2.45, 2.75) is 49.9 Å². The lowest BCUT2D eigenvalue weighted by molar-refractivity contribution is -0.192. The Morgan fingerprint density at radius 2 is 1.96 bits per heavy atom. The summed E-state index contributed by atoms with van der Waals surface area (Å²) in [5, 5.41) is 7.12. The summed E-state index contributed by atoms with van der Waals surface area (Å²) in [4.78, 5) is 25.6. The van der Waals surface area contributed by atoms with Crippen molar-refractivity contribution in [2.75, 3.05) is 32.8 Å². The van der Waals surface area contributed by atoms with Crippen molar-refractivity contribution in [3.05, 3.63) is 12.7 Å². The largest absolute Gasteiger partial charge is 0.490 e. The second-order valence-corrected chi connectivity index (χ2v) is 6.87. The normalized spacial score (nSPS) is 25.9. The van der Waals surface area contributed by atoms with Crippen molar-refractivity contribution >= 4 is 11.9 Å². The third-order valence-electron chi connectivity index (χ3n) is 5.38. The molecule has 3 heterocycles. The quantitative estimate of drug-likeness (QED) is 0.762. The van der Waals surface area contributed by atoms with Crippen LogP contribution >= 0.6 is 0 Å². The molecule has 3 rings (SSSR count). The molecule has 3 aliphatic rings. The summed E-state index contributed by atoms with van der Waals surface area (Å²) in [6, 6.07) is 0.613. The van der Waals surface area contributed by atoms with E-state index in [2.05, 4.69) is 16.4 Å². The number of amides is 1. The van der Waals surface area contributed by atoms with Gasteiger partial charge in [0, 0.05) is 44.2 Å². The van der Waals surface area contributed by atoms with Gasteiger partial charge in [-0.25, -0.2) is 4.79 Å². The van der Waals surface area contributed by atoms with Crippen LogP contribution < -0.4 is 0 Å². The number of aliphatic carboxylic acids is 1. The summed E-state index contributed by atoms with van der Waals surface area (Å²) >= 11 is 0. The second kappa shape index (κ2) is 8.39. The Morgan fingerprint density at radius 1 is 1.35 bits per heavy atom. The van der Waals surface area contributed by atoms with E-state index >= 15 is 0 Å². The fourth-order valence-corrected chi connectivity index (χ4v) is 3.93. The number of ether oxygens (including phenoxy) is 1. The standard InChI is InChI=1S/C15H24N2O2.C2HF3O2/c1-2-8-17-14(18)3-5-15(17)6-9-16(10-7-15)13-4-11-19-12-13;3-2(4,5)1(6)7/h2,13H,1,3-12H2;(H,6,7). The molecule has 1 atom stereocenters. The summed E-state index contributed by atoms with van der Waals surface area (Å²) in [6.07, 6.45) is 1.94. The molecule has 0 bridgehead atoms. The van der Waals surface area contributed by atoms with Gasteiger partial charge in [0.25, 0.3) is 0 Å². The van der Waals surface area contributed by atoms with E-state index in [1.54, 1.807) is 0 Å². The molecule has 0 aliphatic carbocycles. The number of carbonyl (C=O) groups is 2. The van der Waals surface area contributed by atoms with Crippen molar-refractivity contribution in [1.82, 2.24) is 9.80 Å². The molecular formula is C17H25F3N2O4. The maximum atomic E-state index is 12.0. The Hall–Kier alpha value is -1.61. The van der Waals surface area contributed by atoms with Gasteiger partial charge >= 0.3 is 12.1 Å². The van der Waals surface area contributed by atoms with Gasteiger partial charge in [0.1, 0.15) is 0 Å². The summed E-state index contributed by atoms with van der Waals surface area (Å²) < 4.78 is 37.2. The Bertz CT molecular complexity index is 525. The SMILES string of the molecule is C=CCN1C(=O)CCC12CCN(C1CCOC1)CC2.O=C(O)C(F)(F)F. The molecule has 6 nitrogen and oxygen atoms in total. The number of carboxylic acids is 1. The molecule has 26 heavy (non-hydrogen) atoms. The Kier molecular flexibility index (Phi) is 6.68. The van der Waals surface area contributed by atoms with Gasteiger partial charge in [-0.1, -0.05) is 6.08 Å². The van der Waals surface area contributed by atoms with E-state index < -0.39 is 12.1 Å². The minimum Gasteiger partial charge on any atom is -0.475 e. The van der Waals surface area contributed by atoms with Crippen LogP contribution in [0.25, 0.3) is 0 Å². The number of alkyl halides is 3. The number of halogens is 3. The van der Waals surface area contributed by atoms with E-state index in [1.165, 1.54) is 6.42 Å². The molecule has 1 unspecified atom stereocenters. The van der Waals surface area contributed by atoms with E-state index in [0.717, 1.165) is 52.0 Å². The monoisotopic (exact) mass is 378 g/mol. The summed E-state index contributed by atoms with van der Waals surface area (Å²) in [7, 11) is 0. The molecule has 1 spiro atoms. The van der Waals surface area contributed by atoms with Gasteiger partial charge < -0.3 is 14.7 Å². The Balaban J connectivity index is 0.000000298. The molecule has 0 aromatic rings. The highest BCUT2D eigenvalue weighted by molar-refractivity contribution is 5.80. The average Bonchev–Trinajstić information content (AvgIpc) is 3.21.